The topological polar surface area (TPSA) is 76.4 Å². The lowest BCUT2D eigenvalue weighted by Crippen LogP contribution is -2.28. The smallest absolute Gasteiger partial charge is 0.221 e. The van der Waals surface area contributed by atoms with Crippen molar-refractivity contribution in [2.75, 3.05) is 0 Å². The van der Waals surface area contributed by atoms with Crippen LogP contribution < -0.4 is 4.72 Å². The number of rotatable bonds is 5. The molecule has 24 heavy (non-hydrogen) atoms. The van der Waals surface area contributed by atoms with Crippen LogP contribution in [0.4, 0.5) is 0 Å². The van der Waals surface area contributed by atoms with Crippen LogP contribution in [0.15, 0.2) is 29.3 Å². The van der Waals surface area contributed by atoms with Gasteiger partial charge in [-0.3, -0.25) is 0 Å². The molecule has 0 fully saturated rings. The summed E-state index contributed by atoms with van der Waals surface area (Å²) < 4.78 is 29.8. The van der Waals surface area contributed by atoms with Crippen LogP contribution in [0.3, 0.4) is 0 Å². The van der Waals surface area contributed by atoms with Crippen molar-refractivity contribution in [2.24, 2.45) is 0 Å². The van der Waals surface area contributed by atoms with Gasteiger partial charge in [0.1, 0.15) is 5.01 Å². The van der Waals surface area contributed by atoms with Crippen molar-refractivity contribution >= 4 is 26.3 Å². The SMILES string of the molecule is CCc1ccc(C(C)NS(=O)(=O)c2c(C)nc3sc(C)nn23)cc1. The van der Waals surface area contributed by atoms with Gasteiger partial charge in [0, 0.05) is 6.04 Å². The molecule has 8 heteroatoms. The van der Waals surface area contributed by atoms with Crippen molar-refractivity contribution in [3.63, 3.8) is 0 Å². The molecule has 0 saturated heterocycles. The molecule has 1 atom stereocenters. The van der Waals surface area contributed by atoms with Crippen molar-refractivity contribution in [1.82, 2.24) is 19.3 Å². The lowest BCUT2D eigenvalue weighted by Gasteiger charge is -2.15. The van der Waals surface area contributed by atoms with E-state index in [4.69, 9.17) is 0 Å². The Morgan fingerprint density at radius 2 is 1.92 bits per heavy atom. The number of hydrogen-bond acceptors (Lipinski definition) is 5. The maximum absolute atomic E-state index is 12.8. The summed E-state index contributed by atoms with van der Waals surface area (Å²) in [6, 6.07) is 7.61. The summed E-state index contributed by atoms with van der Waals surface area (Å²) in [6.45, 7) is 7.44. The fraction of sp³-hybridized carbons (Fsp3) is 0.375. The largest absolute Gasteiger partial charge is 0.260 e. The first-order valence-corrected chi connectivity index (χ1v) is 10.1. The minimum Gasteiger partial charge on any atom is -0.221 e. The first-order chi connectivity index (χ1) is 11.3. The number of fused-ring (bicyclic) bond motifs is 1. The Bertz CT molecular complexity index is 972. The highest BCUT2D eigenvalue weighted by atomic mass is 32.2. The summed E-state index contributed by atoms with van der Waals surface area (Å²) in [5, 5.41) is 5.14. The second-order valence-corrected chi connectivity index (χ2v) is 8.55. The van der Waals surface area contributed by atoms with E-state index in [-0.39, 0.29) is 11.1 Å². The van der Waals surface area contributed by atoms with Crippen molar-refractivity contribution in [2.45, 2.75) is 45.2 Å². The summed E-state index contributed by atoms with van der Waals surface area (Å²) in [5.41, 5.74) is 2.60. The van der Waals surface area contributed by atoms with Crippen LogP contribution >= 0.6 is 11.3 Å². The average Bonchev–Trinajstić information content (AvgIpc) is 3.00. The van der Waals surface area contributed by atoms with Gasteiger partial charge >= 0.3 is 0 Å². The Hall–Kier alpha value is -1.77. The monoisotopic (exact) mass is 364 g/mol. The van der Waals surface area contributed by atoms with Gasteiger partial charge in [0.15, 0.2) is 5.03 Å². The lowest BCUT2D eigenvalue weighted by atomic mass is 10.1. The molecule has 3 aromatic rings. The highest BCUT2D eigenvalue weighted by Crippen LogP contribution is 2.23. The summed E-state index contributed by atoms with van der Waals surface area (Å²) in [6.07, 6.45) is 0.955. The molecule has 0 amide bonds. The molecule has 1 aromatic carbocycles. The zero-order chi connectivity index (χ0) is 17.5. The summed E-state index contributed by atoms with van der Waals surface area (Å²) >= 11 is 1.37. The Morgan fingerprint density at radius 3 is 2.54 bits per heavy atom. The summed E-state index contributed by atoms with van der Waals surface area (Å²) in [4.78, 5) is 4.89. The number of imidazole rings is 1. The zero-order valence-electron chi connectivity index (χ0n) is 14.1. The van der Waals surface area contributed by atoms with Gasteiger partial charge in [0.2, 0.25) is 4.96 Å². The van der Waals surface area contributed by atoms with E-state index in [0.29, 0.717) is 10.7 Å². The molecule has 6 nitrogen and oxygen atoms in total. The van der Waals surface area contributed by atoms with Gasteiger partial charge in [-0.05, 0) is 38.3 Å². The van der Waals surface area contributed by atoms with E-state index in [1.54, 1.807) is 6.92 Å². The van der Waals surface area contributed by atoms with Crippen molar-refractivity contribution < 1.29 is 8.42 Å². The van der Waals surface area contributed by atoms with Crippen LogP contribution in [-0.4, -0.2) is 23.0 Å². The van der Waals surface area contributed by atoms with E-state index in [0.717, 1.165) is 17.0 Å². The maximum atomic E-state index is 12.8. The highest BCUT2D eigenvalue weighted by molar-refractivity contribution is 7.89. The van der Waals surface area contributed by atoms with Crippen LogP contribution in [0, 0.1) is 13.8 Å². The minimum atomic E-state index is -3.73. The van der Waals surface area contributed by atoms with Crippen LogP contribution in [-0.2, 0) is 16.4 Å². The number of benzene rings is 1. The molecule has 0 radical (unpaired) electrons. The van der Waals surface area contributed by atoms with Crippen LogP contribution in [0.1, 0.15) is 41.7 Å². The second kappa shape index (κ2) is 6.27. The molecule has 0 spiro atoms. The zero-order valence-corrected chi connectivity index (χ0v) is 15.7. The molecule has 2 heterocycles. The summed E-state index contributed by atoms with van der Waals surface area (Å²) in [7, 11) is -3.73. The van der Waals surface area contributed by atoms with E-state index < -0.39 is 10.0 Å². The predicted octanol–water partition coefficient (Wildman–Crippen LogP) is 3.01. The molecule has 1 unspecified atom stereocenters. The maximum Gasteiger partial charge on any atom is 0.260 e. The van der Waals surface area contributed by atoms with Gasteiger partial charge in [-0.2, -0.15) is 9.61 Å². The number of hydrogen-bond donors (Lipinski definition) is 1. The molecule has 2 aromatic heterocycles. The summed E-state index contributed by atoms with van der Waals surface area (Å²) in [5.74, 6) is 0. The number of nitrogens with zero attached hydrogens (tertiary/aromatic N) is 3. The molecule has 0 aliphatic rings. The molecular weight excluding hydrogens is 344 g/mol. The quantitative estimate of drug-likeness (QED) is 0.755. The Labute approximate surface area is 145 Å². The van der Waals surface area contributed by atoms with Crippen molar-refractivity contribution in [3.8, 4) is 0 Å². The van der Waals surface area contributed by atoms with E-state index in [9.17, 15) is 8.42 Å². The second-order valence-electron chi connectivity index (χ2n) is 5.76. The van der Waals surface area contributed by atoms with Crippen molar-refractivity contribution in [1.29, 1.82) is 0 Å². The van der Waals surface area contributed by atoms with Crippen LogP contribution in [0.2, 0.25) is 0 Å². The molecule has 0 aliphatic carbocycles. The standard InChI is InChI=1S/C16H20N4O2S2/c1-5-13-6-8-14(9-7-13)10(2)19-24(21,22)15-11(3)17-16-20(15)18-12(4)23-16/h6-10,19H,5H2,1-4H3. The predicted molar refractivity (Wildman–Crippen MR) is 94.9 cm³/mol. The van der Waals surface area contributed by atoms with E-state index >= 15 is 0 Å². The number of sulfonamides is 1. The number of aryl methyl sites for hydroxylation is 3. The Morgan fingerprint density at radius 1 is 1.25 bits per heavy atom. The number of nitrogens with one attached hydrogen (secondary N) is 1. The third kappa shape index (κ3) is 3.09. The van der Waals surface area contributed by atoms with Gasteiger partial charge in [-0.25, -0.2) is 18.1 Å². The third-order valence-corrected chi connectivity index (χ3v) is 6.37. The molecule has 0 bridgehead atoms. The van der Waals surface area contributed by atoms with E-state index in [1.807, 2.05) is 38.1 Å². The van der Waals surface area contributed by atoms with E-state index in [1.165, 1.54) is 21.4 Å². The average molecular weight is 364 g/mol. The molecule has 128 valence electrons. The first kappa shape index (κ1) is 17.1. The van der Waals surface area contributed by atoms with Gasteiger partial charge < -0.3 is 0 Å². The first-order valence-electron chi connectivity index (χ1n) is 7.75. The van der Waals surface area contributed by atoms with Gasteiger partial charge in [0.25, 0.3) is 10.0 Å². The Balaban J connectivity index is 1.93. The van der Waals surface area contributed by atoms with Crippen molar-refractivity contribution in [3.05, 3.63) is 46.1 Å². The van der Waals surface area contributed by atoms with Crippen LogP contribution in [0.25, 0.3) is 4.96 Å². The molecule has 1 N–H and O–H groups in total. The Kier molecular flexibility index (Phi) is 4.46. The molecule has 0 saturated carbocycles. The molecule has 0 aliphatic heterocycles. The lowest BCUT2D eigenvalue weighted by molar-refractivity contribution is 0.558. The van der Waals surface area contributed by atoms with Gasteiger partial charge in [-0.1, -0.05) is 42.5 Å². The third-order valence-electron chi connectivity index (χ3n) is 3.90. The minimum absolute atomic E-state index is 0.110. The van der Waals surface area contributed by atoms with Gasteiger partial charge in [0.05, 0.1) is 5.69 Å². The molecular formula is C16H20N4O2S2. The van der Waals surface area contributed by atoms with Crippen LogP contribution in [0.5, 0.6) is 0 Å². The number of aromatic nitrogens is 3. The normalized spacial score (nSPS) is 13.5. The molecule has 3 rings (SSSR count). The van der Waals surface area contributed by atoms with Gasteiger partial charge in [-0.15, -0.1) is 0 Å². The van der Waals surface area contributed by atoms with E-state index in [2.05, 4.69) is 21.7 Å². The fourth-order valence-electron chi connectivity index (χ4n) is 2.63. The highest BCUT2D eigenvalue weighted by Gasteiger charge is 2.27. The fourth-order valence-corrected chi connectivity index (χ4v) is 4.98.